The van der Waals surface area contributed by atoms with Gasteiger partial charge in [0, 0.05) is 23.7 Å². The zero-order valence-corrected chi connectivity index (χ0v) is 15.7. The molecule has 1 aliphatic heterocycles. The van der Waals surface area contributed by atoms with Crippen molar-refractivity contribution in [3.63, 3.8) is 0 Å². The Morgan fingerprint density at radius 3 is 2.69 bits per heavy atom. The number of aliphatic imine (C=N–C) groups is 1. The molecular weight excluding hydrogens is 330 g/mol. The highest BCUT2D eigenvalue weighted by atomic mass is 16.5. The minimum absolute atomic E-state index is 0.0858. The van der Waals surface area contributed by atoms with Gasteiger partial charge in [-0.15, -0.1) is 0 Å². The highest BCUT2D eigenvalue weighted by Crippen LogP contribution is 2.47. The van der Waals surface area contributed by atoms with Crippen molar-refractivity contribution in [3.8, 4) is 5.75 Å². The van der Waals surface area contributed by atoms with E-state index in [1.165, 1.54) is 0 Å². The van der Waals surface area contributed by atoms with E-state index >= 15 is 0 Å². The van der Waals surface area contributed by atoms with Crippen LogP contribution in [0, 0.1) is 11.3 Å². The van der Waals surface area contributed by atoms with Gasteiger partial charge >= 0.3 is 5.97 Å². The van der Waals surface area contributed by atoms with Crippen molar-refractivity contribution in [2.75, 3.05) is 6.61 Å². The van der Waals surface area contributed by atoms with Crippen molar-refractivity contribution >= 4 is 17.5 Å². The van der Waals surface area contributed by atoms with Gasteiger partial charge in [-0.2, -0.15) is 0 Å². The number of phenols is 1. The topological polar surface area (TPSA) is 76.0 Å². The minimum Gasteiger partial charge on any atom is -0.508 e. The molecule has 3 rings (SSSR count). The van der Waals surface area contributed by atoms with E-state index in [-0.39, 0.29) is 23.6 Å². The number of allylic oxidation sites excluding steroid dienone is 1. The molecule has 1 aromatic rings. The number of benzene rings is 1. The second kappa shape index (κ2) is 6.71. The SMILES string of the molecule is CCOC(=O)C1=C(C)N=C2CC(C)(C)CC(=O)[C@H]2[C@H]1c1cccc(O)c1. The van der Waals surface area contributed by atoms with Gasteiger partial charge in [0.2, 0.25) is 0 Å². The summed E-state index contributed by atoms with van der Waals surface area (Å²) >= 11 is 0. The molecule has 1 aliphatic carbocycles. The molecule has 138 valence electrons. The van der Waals surface area contributed by atoms with E-state index in [0.29, 0.717) is 24.1 Å². The lowest BCUT2D eigenvalue weighted by molar-refractivity contribution is -0.139. The average molecular weight is 355 g/mol. The molecule has 1 N–H and O–H groups in total. The Bertz CT molecular complexity index is 819. The van der Waals surface area contributed by atoms with Gasteiger partial charge in [0.25, 0.3) is 0 Å². The first kappa shape index (κ1) is 18.4. The predicted octanol–water partition coefficient (Wildman–Crippen LogP) is 3.77. The third kappa shape index (κ3) is 3.30. The molecule has 1 heterocycles. The molecule has 1 aromatic carbocycles. The number of ketones is 1. The maximum Gasteiger partial charge on any atom is 0.336 e. The summed E-state index contributed by atoms with van der Waals surface area (Å²) in [5.41, 5.74) is 2.42. The Labute approximate surface area is 153 Å². The fraction of sp³-hybridized carbons (Fsp3) is 0.476. The number of ether oxygens (including phenoxy) is 1. The van der Waals surface area contributed by atoms with Gasteiger partial charge in [0.1, 0.15) is 11.5 Å². The zero-order valence-electron chi connectivity index (χ0n) is 15.7. The molecule has 0 aromatic heterocycles. The van der Waals surface area contributed by atoms with E-state index in [2.05, 4.69) is 18.8 Å². The summed E-state index contributed by atoms with van der Waals surface area (Å²) in [6.45, 7) is 7.92. The van der Waals surface area contributed by atoms with Gasteiger partial charge in [0.15, 0.2) is 0 Å². The number of hydrogen-bond acceptors (Lipinski definition) is 5. The normalized spacial score (nSPS) is 24.8. The monoisotopic (exact) mass is 355 g/mol. The van der Waals surface area contributed by atoms with Crippen LogP contribution in [0.15, 0.2) is 40.5 Å². The molecule has 0 unspecified atom stereocenters. The van der Waals surface area contributed by atoms with Crippen molar-refractivity contribution in [1.29, 1.82) is 0 Å². The smallest absolute Gasteiger partial charge is 0.336 e. The third-order valence-corrected chi connectivity index (χ3v) is 5.09. The number of fused-ring (bicyclic) bond motifs is 1. The van der Waals surface area contributed by atoms with Crippen LogP contribution >= 0.6 is 0 Å². The number of Topliss-reactive ketones (excluding diaryl/α,β-unsaturated/α-hetero) is 1. The Kier molecular flexibility index (Phi) is 4.74. The summed E-state index contributed by atoms with van der Waals surface area (Å²) < 4.78 is 5.25. The van der Waals surface area contributed by atoms with Gasteiger partial charge in [-0.1, -0.05) is 26.0 Å². The zero-order chi connectivity index (χ0) is 19.1. The van der Waals surface area contributed by atoms with E-state index in [9.17, 15) is 14.7 Å². The molecule has 0 radical (unpaired) electrons. The van der Waals surface area contributed by atoms with Crippen LogP contribution in [-0.4, -0.2) is 29.2 Å². The number of phenolic OH excluding ortho intramolecular Hbond substituents is 1. The fourth-order valence-corrected chi connectivity index (χ4v) is 4.15. The van der Waals surface area contributed by atoms with Gasteiger partial charge in [-0.3, -0.25) is 9.79 Å². The van der Waals surface area contributed by atoms with E-state index in [1.807, 2.05) is 6.07 Å². The van der Waals surface area contributed by atoms with Crippen molar-refractivity contribution in [2.45, 2.75) is 46.5 Å². The van der Waals surface area contributed by atoms with Gasteiger partial charge in [-0.05, 0) is 43.4 Å². The van der Waals surface area contributed by atoms with Crippen LogP contribution in [0.4, 0.5) is 0 Å². The maximum atomic E-state index is 13.0. The lowest BCUT2D eigenvalue weighted by Gasteiger charge is -2.41. The summed E-state index contributed by atoms with van der Waals surface area (Å²) in [4.78, 5) is 30.3. The number of carbonyl (C=O) groups excluding carboxylic acids is 2. The second-order valence-electron chi connectivity index (χ2n) is 7.86. The average Bonchev–Trinajstić information content (AvgIpc) is 2.52. The Balaban J connectivity index is 2.17. The fourth-order valence-electron chi connectivity index (χ4n) is 4.15. The van der Waals surface area contributed by atoms with Crippen LogP contribution in [0.25, 0.3) is 0 Å². The number of esters is 1. The molecule has 5 heteroatoms. The van der Waals surface area contributed by atoms with E-state index in [0.717, 1.165) is 11.3 Å². The van der Waals surface area contributed by atoms with Gasteiger partial charge in [-0.25, -0.2) is 4.79 Å². The molecule has 0 bridgehead atoms. The summed E-state index contributed by atoms with van der Waals surface area (Å²) in [5, 5.41) is 9.94. The van der Waals surface area contributed by atoms with E-state index in [1.54, 1.807) is 32.0 Å². The van der Waals surface area contributed by atoms with Crippen molar-refractivity contribution in [2.24, 2.45) is 16.3 Å². The summed E-state index contributed by atoms with van der Waals surface area (Å²) in [7, 11) is 0. The number of rotatable bonds is 3. The van der Waals surface area contributed by atoms with E-state index < -0.39 is 17.8 Å². The van der Waals surface area contributed by atoms with E-state index in [4.69, 9.17) is 4.74 Å². The van der Waals surface area contributed by atoms with Gasteiger partial charge in [0.05, 0.1) is 18.1 Å². The summed E-state index contributed by atoms with van der Waals surface area (Å²) in [6.07, 6.45) is 1.16. The first-order chi connectivity index (χ1) is 12.2. The summed E-state index contributed by atoms with van der Waals surface area (Å²) in [5.74, 6) is -1.21. The predicted molar refractivity (Wildman–Crippen MR) is 99.1 cm³/mol. The standard InChI is InChI=1S/C21H25NO4/c1-5-26-20(25)17-12(2)22-15-10-21(3,4)11-16(24)19(15)18(17)13-7-6-8-14(23)9-13/h6-9,18-19,23H,5,10-11H2,1-4H3/t18-,19-/m0/s1. The lowest BCUT2D eigenvalue weighted by atomic mass is 9.63. The molecular formula is C21H25NO4. The highest BCUT2D eigenvalue weighted by Gasteiger charge is 2.47. The molecule has 2 atom stereocenters. The van der Waals surface area contributed by atoms with Crippen LogP contribution in [0.5, 0.6) is 5.75 Å². The molecule has 0 saturated heterocycles. The largest absolute Gasteiger partial charge is 0.508 e. The van der Waals surface area contributed by atoms with Crippen molar-refractivity contribution < 1.29 is 19.4 Å². The molecule has 1 saturated carbocycles. The molecule has 2 aliphatic rings. The number of hydrogen-bond donors (Lipinski definition) is 1. The van der Waals surface area contributed by atoms with Crippen LogP contribution < -0.4 is 0 Å². The molecule has 0 amide bonds. The molecule has 1 fully saturated rings. The summed E-state index contributed by atoms with van der Waals surface area (Å²) in [6, 6.07) is 6.76. The highest BCUT2D eigenvalue weighted by molar-refractivity contribution is 6.12. The Hall–Kier alpha value is -2.43. The van der Waals surface area contributed by atoms with Crippen LogP contribution in [0.2, 0.25) is 0 Å². The Morgan fingerprint density at radius 2 is 2.04 bits per heavy atom. The van der Waals surface area contributed by atoms with Gasteiger partial charge < -0.3 is 9.84 Å². The van der Waals surface area contributed by atoms with Crippen LogP contribution in [-0.2, 0) is 14.3 Å². The third-order valence-electron chi connectivity index (χ3n) is 5.09. The number of aromatic hydroxyl groups is 1. The molecule has 0 spiro atoms. The van der Waals surface area contributed by atoms with Crippen molar-refractivity contribution in [1.82, 2.24) is 0 Å². The lowest BCUT2D eigenvalue weighted by Crippen LogP contribution is -2.44. The molecule has 5 nitrogen and oxygen atoms in total. The maximum absolute atomic E-state index is 13.0. The Morgan fingerprint density at radius 1 is 1.31 bits per heavy atom. The quantitative estimate of drug-likeness (QED) is 0.837. The number of nitrogens with zero attached hydrogens (tertiary/aromatic N) is 1. The second-order valence-corrected chi connectivity index (χ2v) is 7.86. The minimum atomic E-state index is -0.479. The number of carbonyl (C=O) groups is 2. The van der Waals surface area contributed by atoms with Crippen LogP contribution in [0.3, 0.4) is 0 Å². The first-order valence-corrected chi connectivity index (χ1v) is 9.00. The van der Waals surface area contributed by atoms with Crippen LogP contribution in [0.1, 0.15) is 52.0 Å². The van der Waals surface area contributed by atoms with Crippen molar-refractivity contribution in [3.05, 3.63) is 41.1 Å². The first-order valence-electron chi connectivity index (χ1n) is 9.00. The molecule has 26 heavy (non-hydrogen) atoms.